The van der Waals surface area contributed by atoms with Crippen molar-refractivity contribution in [2.75, 3.05) is 7.05 Å². The first-order valence-corrected chi connectivity index (χ1v) is 10.2. The highest BCUT2D eigenvalue weighted by Crippen LogP contribution is 2.22. The number of aryl methyl sites for hydroxylation is 1. The number of hydrogen-bond donors (Lipinski definition) is 0. The number of oxazole rings is 1. The van der Waals surface area contributed by atoms with Gasteiger partial charge >= 0.3 is 5.76 Å². The van der Waals surface area contributed by atoms with Gasteiger partial charge in [0.1, 0.15) is 0 Å². The molecule has 10 heteroatoms. The first-order valence-electron chi connectivity index (χ1n) is 8.77. The van der Waals surface area contributed by atoms with E-state index < -0.39 is 15.8 Å². The molecule has 0 aliphatic heterocycles. The van der Waals surface area contributed by atoms with Gasteiger partial charge in [0.25, 0.3) is 0 Å². The smallest absolute Gasteiger partial charge is 0.408 e. The molecule has 0 spiro atoms. The van der Waals surface area contributed by atoms with Crippen molar-refractivity contribution in [2.45, 2.75) is 24.9 Å². The highest BCUT2D eigenvalue weighted by molar-refractivity contribution is 7.89. The molecule has 29 heavy (non-hydrogen) atoms. The molecule has 0 saturated heterocycles. The number of nitrogens with zero attached hydrogens (tertiary/aromatic N) is 4. The Morgan fingerprint density at radius 1 is 1.14 bits per heavy atom. The van der Waals surface area contributed by atoms with Crippen molar-refractivity contribution in [1.29, 1.82) is 0 Å². The molecular formula is C19H18N4O5S. The molecule has 0 aliphatic rings. The molecule has 0 bridgehead atoms. The zero-order chi connectivity index (χ0) is 20.6. The lowest BCUT2D eigenvalue weighted by Gasteiger charge is -2.17. The van der Waals surface area contributed by atoms with Crippen LogP contribution < -0.4 is 5.76 Å². The van der Waals surface area contributed by atoms with Gasteiger partial charge in [-0.3, -0.25) is 4.57 Å². The minimum Gasteiger partial charge on any atom is -0.408 e. The highest BCUT2D eigenvalue weighted by Gasteiger charge is 2.23. The van der Waals surface area contributed by atoms with Crippen LogP contribution >= 0.6 is 0 Å². The summed E-state index contributed by atoms with van der Waals surface area (Å²) in [5.74, 6) is 0.0805. The first-order chi connectivity index (χ1) is 13.8. The summed E-state index contributed by atoms with van der Waals surface area (Å²) < 4.78 is 38.6. The van der Waals surface area contributed by atoms with Gasteiger partial charge in [0.05, 0.1) is 17.0 Å². The number of fused-ring (bicyclic) bond motifs is 1. The van der Waals surface area contributed by atoms with Gasteiger partial charge in [-0.1, -0.05) is 35.5 Å². The molecule has 0 N–H and O–H groups in total. The molecule has 4 aromatic rings. The largest absolute Gasteiger partial charge is 0.420 e. The van der Waals surface area contributed by atoms with Crippen LogP contribution in [0.3, 0.4) is 0 Å². The van der Waals surface area contributed by atoms with Gasteiger partial charge in [0.15, 0.2) is 11.4 Å². The maximum Gasteiger partial charge on any atom is 0.420 e. The number of benzene rings is 2. The van der Waals surface area contributed by atoms with Crippen LogP contribution in [0, 0.1) is 6.92 Å². The lowest BCUT2D eigenvalue weighted by atomic mass is 10.2. The minimum absolute atomic E-state index is 0.0414. The maximum atomic E-state index is 12.9. The molecule has 0 unspecified atom stereocenters. The Labute approximate surface area is 166 Å². The van der Waals surface area contributed by atoms with E-state index in [1.54, 1.807) is 6.92 Å². The van der Waals surface area contributed by atoms with Crippen molar-refractivity contribution in [2.24, 2.45) is 0 Å². The van der Waals surface area contributed by atoms with E-state index in [2.05, 4.69) is 10.1 Å². The zero-order valence-electron chi connectivity index (χ0n) is 15.8. The Morgan fingerprint density at radius 2 is 1.90 bits per heavy atom. The van der Waals surface area contributed by atoms with Crippen LogP contribution in [-0.2, 0) is 23.1 Å². The summed E-state index contributed by atoms with van der Waals surface area (Å²) in [7, 11) is -2.26. The van der Waals surface area contributed by atoms with E-state index in [9.17, 15) is 13.2 Å². The fraction of sp³-hybridized carbons (Fsp3) is 0.211. The quantitative estimate of drug-likeness (QED) is 0.475. The molecule has 0 radical (unpaired) electrons. The Balaban J connectivity index is 1.66. The monoisotopic (exact) mass is 414 g/mol. The lowest BCUT2D eigenvalue weighted by molar-refractivity contribution is 0.385. The molecule has 0 atom stereocenters. The molecule has 2 heterocycles. The first kappa shape index (κ1) is 19.1. The summed E-state index contributed by atoms with van der Waals surface area (Å²) >= 11 is 0. The van der Waals surface area contributed by atoms with Crippen LogP contribution in [0.5, 0.6) is 0 Å². The minimum atomic E-state index is -3.77. The SMILES string of the molecule is Cc1nc(Cn2c(=O)oc3cc(S(=O)(=O)N(C)Cc4ccccc4)ccc32)no1. The predicted molar refractivity (Wildman–Crippen MR) is 104 cm³/mol. The number of aromatic nitrogens is 3. The molecule has 9 nitrogen and oxygen atoms in total. The van der Waals surface area contributed by atoms with Gasteiger partial charge in [-0.15, -0.1) is 0 Å². The van der Waals surface area contributed by atoms with Gasteiger partial charge in [-0.25, -0.2) is 13.2 Å². The van der Waals surface area contributed by atoms with Gasteiger partial charge in [-0.2, -0.15) is 9.29 Å². The van der Waals surface area contributed by atoms with Crippen molar-refractivity contribution >= 4 is 21.1 Å². The molecule has 0 saturated carbocycles. The third kappa shape index (κ3) is 3.71. The summed E-state index contributed by atoms with van der Waals surface area (Å²) in [6, 6.07) is 13.6. The third-order valence-corrected chi connectivity index (χ3v) is 6.26. The van der Waals surface area contributed by atoms with E-state index in [-0.39, 0.29) is 23.6 Å². The van der Waals surface area contributed by atoms with E-state index in [0.717, 1.165) is 5.56 Å². The number of rotatable bonds is 6. The summed E-state index contributed by atoms with van der Waals surface area (Å²) in [5.41, 5.74) is 1.49. The Morgan fingerprint density at radius 3 is 2.59 bits per heavy atom. The van der Waals surface area contributed by atoms with Crippen LogP contribution in [0.4, 0.5) is 0 Å². The average molecular weight is 414 g/mol. The van der Waals surface area contributed by atoms with E-state index >= 15 is 0 Å². The lowest BCUT2D eigenvalue weighted by Crippen LogP contribution is -2.26. The van der Waals surface area contributed by atoms with Crippen LogP contribution in [0.1, 0.15) is 17.3 Å². The second kappa shape index (κ2) is 7.30. The van der Waals surface area contributed by atoms with Gasteiger partial charge in [0, 0.05) is 26.6 Å². The standard InChI is InChI=1S/C19H18N4O5S/c1-13-20-18(21-28-13)12-23-16-9-8-15(10-17(16)27-19(23)24)29(25,26)22(2)11-14-6-4-3-5-7-14/h3-10H,11-12H2,1-2H3. The molecule has 0 amide bonds. The second-order valence-electron chi connectivity index (χ2n) is 6.56. The molecule has 2 aromatic carbocycles. The van der Waals surface area contributed by atoms with E-state index in [1.807, 2.05) is 30.3 Å². The third-order valence-electron chi connectivity index (χ3n) is 4.47. The second-order valence-corrected chi connectivity index (χ2v) is 8.60. The average Bonchev–Trinajstić information content (AvgIpc) is 3.25. The number of hydrogen-bond acceptors (Lipinski definition) is 7. The Bertz CT molecular complexity index is 1320. The van der Waals surface area contributed by atoms with E-state index in [4.69, 9.17) is 8.94 Å². The van der Waals surface area contributed by atoms with Crippen molar-refractivity contribution < 1.29 is 17.4 Å². The Kier molecular flexibility index (Phi) is 4.81. The molecular weight excluding hydrogens is 396 g/mol. The molecule has 0 aliphatic carbocycles. The zero-order valence-corrected chi connectivity index (χ0v) is 16.6. The highest BCUT2D eigenvalue weighted by atomic mass is 32.2. The van der Waals surface area contributed by atoms with Gasteiger partial charge in [-0.05, 0) is 17.7 Å². The topological polar surface area (TPSA) is 111 Å². The van der Waals surface area contributed by atoms with E-state index in [1.165, 1.54) is 34.1 Å². The Hall–Kier alpha value is -3.24. The summed E-state index contributed by atoms with van der Waals surface area (Å²) in [4.78, 5) is 16.3. The van der Waals surface area contributed by atoms with Crippen molar-refractivity contribution in [3.8, 4) is 0 Å². The fourth-order valence-corrected chi connectivity index (χ4v) is 4.18. The summed E-state index contributed by atoms with van der Waals surface area (Å²) in [6.45, 7) is 1.93. The fourth-order valence-electron chi connectivity index (χ4n) is 3.01. The molecule has 2 aromatic heterocycles. The predicted octanol–water partition coefficient (Wildman–Crippen LogP) is 2.15. The molecule has 150 valence electrons. The van der Waals surface area contributed by atoms with Crippen LogP contribution in [0.2, 0.25) is 0 Å². The van der Waals surface area contributed by atoms with E-state index in [0.29, 0.717) is 17.2 Å². The molecule has 0 fully saturated rings. The molecule has 4 rings (SSSR count). The van der Waals surface area contributed by atoms with Crippen LogP contribution in [0.25, 0.3) is 11.1 Å². The van der Waals surface area contributed by atoms with Gasteiger partial charge in [0.2, 0.25) is 15.9 Å². The maximum absolute atomic E-state index is 12.9. The van der Waals surface area contributed by atoms with Crippen molar-refractivity contribution in [3.05, 3.63) is 76.4 Å². The summed E-state index contributed by atoms with van der Waals surface area (Å²) in [5, 5.41) is 3.77. The number of sulfonamides is 1. The van der Waals surface area contributed by atoms with Crippen molar-refractivity contribution in [3.63, 3.8) is 0 Å². The van der Waals surface area contributed by atoms with Crippen molar-refractivity contribution in [1.82, 2.24) is 19.0 Å². The normalized spacial score (nSPS) is 12.1. The van der Waals surface area contributed by atoms with Gasteiger partial charge < -0.3 is 8.94 Å². The summed E-state index contributed by atoms with van der Waals surface area (Å²) in [6.07, 6.45) is 0. The van der Waals surface area contributed by atoms with Crippen LogP contribution in [-0.4, -0.2) is 34.5 Å². The van der Waals surface area contributed by atoms with Crippen LogP contribution in [0.15, 0.2) is 67.2 Å².